The molecule has 18 heavy (non-hydrogen) atoms. The lowest BCUT2D eigenvalue weighted by Crippen LogP contribution is -2.51. The van der Waals surface area contributed by atoms with Crippen LogP contribution in [-0.4, -0.2) is 74.6 Å². The molecule has 0 aromatic rings. The highest BCUT2D eigenvalue weighted by Gasteiger charge is 2.29. The van der Waals surface area contributed by atoms with Crippen molar-refractivity contribution in [3.63, 3.8) is 0 Å². The average Bonchev–Trinajstić information content (AvgIpc) is 2.92. The van der Waals surface area contributed by atoms with Crippen molar-refractivity contribution >= 4 is 11.9 Å². The third kappa shape index (κ3) is 3.20. The van der Waals surface area contributed by atoms with Crippen LogP contribution in [0, 0.1) is 5.92 Å². The standard InChI is InChI=1S/C12H21N3O3/c1-18-11(16)9-14-4-6-15(7-5-14)12(17)10-2-3-13-8-10/h10,13H,2-9H2,1H3. The van der Waals surface area contributed by atoms with Gasteiger partial charge in [-0.1, -0.05) is 0 Å². The van der Waals surface area contributed by atoms with Gasteiger partial charge in [-0.3, -0.25) is 14.5 Å². The molecule has 1 atom stereocenters. The summed E-state index contributed by atoms with van der Waals surface area (Å²) in [6, 6.07) is 0. The molecule has 0 saturated carbocycles. The van der Waals surface area contributed by atoms with Gasteiger partial charge in [0.15, 0.2) is 0 Å². The second kappa shape index (κ2) is 6.15. The SMILES string of the molecule is COC(=O)CN1CCN(C(=O)C2CCNC2)CC1. The molecule has 0 spiro atoms. The van der Waals surface area contributed by atoms with Gasteiger partial charge in [0.2, 0.25) is 5.91 Å². The van der Waals surface area contributed by atoms with Gasteiger partial charge in [0.1, 0.15) is 0 Å². The van der Waals surface area contributed by atoms with Crippen LogP contribution in [0.25, 0.3) is 0 Å². The summed E-state index contributed by atoms with van der Waals surface area (Å²) in [4.78, 5) is 27.3. The van der Waals surface area contributed by atoms with Crippen molar-refractivity contribution < 1.29 is 14.3 Å². The predicted molar refractivity (Wildman–Crippen MR) is 66.0 cm³/mol. The average molecular weight is 255 g/mol. The van der Waals surface area contributed by atoms with Crippen LogP contribution in [0.2, 0.25) is 0 Å². The highest BCUT2D eigenvalue weighted by Crippen LogP contribution is 2.13. The number of methoxy groups -OCH3 is 1. The predicted octanol–water partition coefficient (Wildman–Crippen LogP) is -1.09. The van der Waals surface area contributed by atoms with Crippen molar-refractivity contribution in [3.8, 4) is 0 Å². The molecule has 102 valence electrons. The Morgan fingerprint density at radius 3 is 2.56 bits per heavy atom. The molecular formula is C12H21N3O3. The lowest BCUT2D eigenvalue weighted by Gasteiger charge is -2.35. The van der Waals surface area contributed by atoms with Crippen LogP contribution in [-0.2, 0) is 14.3 Å². The Kier molecular flexibility index (Phi) is 4.54. The Bertz CT molecular complexity index is 308. The summed E-state index contributed by atoms with van der Waals surface area (Å²) in [7, 11) is 1.40. The molecule has 0 aromatic carbocycles. The molecule has 0 bridgehead atoms. The van der Waals surface area contributed by atoms with Crippen LogP contribution in [0.5, 0.6) is 0 Å². The molecule has 2 aliphatic heterocycles. The third-order valence-corrected chi connectivity index (χ3v) is 3.67. The second-order valence-electron chi connectivity index (χ2n) is 4.87. The summed E-state index contributed by atoms with van der Waals surface area (Å²) in [6.45, 7) is 5.00. The molecule has 0 aromatic heterocycles. The molecule has 2 saturated heterocycles. The van der Waals surface area contributed by atoms with Gasteiger partial charge < -0.3 is 15.0 Å². The van der Waals surface area contributed by atoms with Crippen molar-refractivity contribution in [2.75, 3.05) is 52.9 Å². The Morgan fingerprint density at radius 1 is 1.28 bits per heavy atom. The zero-order valence-electron chi connectivity index (χ0n) is 10.9. The van der Waals surface area contributed by atoms with Gasteiger partial charge in [-0.2, -0.15) is 0 Å². The summed E-state index contributed by atoms with van der Waals surface area (Å²) in [5.74, 6) is 0.199. The van der Waals surface area contributed by atoms with E-state index < -0.39 is 0 Å². The van der Waals surface area contributed by atoms with E-state index in [9.17, 15) is 9.59 Å². The number of piperazine rings is 1. The molecule has 0 aliphatic carbocycles. The number of ether oxygens (including phenoxy) is 1. The minimum absolute atomic E-state index is 0.150. The van der Waals surface area contributed by atoms with E-state index in [1.54, 1.807) is 0 Å². The number of hydrogen-bond donors (Lipinski definition) is 1. The van der Waals surface area contributed by atoms with Gasteiger partial charge in [0.25, 0.3) is 0 Å². The van der Waals surface area contributed by atoms with E-state index in [4.69, 9.17) is 0 Å². The Balaban J connectivity index is 1.75. The number of carbonyl (C=O) groups is 2. The molecule has 2 aliphatic rings. The quantitative estimate of drug-likeness (QED) is 0.650. The minimum atomic E-state index is -0.213. The number of esters is 1. The highest BCUT2D eigenvalue weighted by atomic mass is 16.5. The lowest BCUT2D eigenvalue weighted by atomic mass is 10.1. The van der Waals surface area contributed by atoms with Gasteiger partial charge >= 0.3 is 5.97 Å². The molecule has 2 heterocycles. The molecular weight excluding hydrogens is 234 g/mol. The summed E-state index contributed by atoms with van der Waals surface area (Å²) < 4.78 is 4.64. The maximum Gasteiger partial charge on any atom is 0.319 e. The number of carbonyl (C=O) groups excluding carboxylic acids is 2. The van der Waals surface area contributed by atoms with Crippen LogP contribution in [0.3, 0.4) is 0 Å². The second-order valence-corrected chi connectivity index (χ2v) is 4.87. The van der Waals surface area contributed by atoms with E-state index in [-0.39, 0.29) is 17.8 Å². The highest BCUT2D eigenvalue weighted by molar-refractivity contribution is 5.79. The first-order valence-electron chi connectivity index (χ1n) is 6.49. The zero-order chi connectivity index (χ0) is 13.0. The van der Waals surface area contributed by atoms with Crippen molar-refractivity contribution in [1.29, 1.82) is 0 Å². The van der Waals surface area contributed by atoms with Crippen LogP contribution >= 0.6 is 0 Å². The molecule has 1 amide bonds. The maximum absolute atomic E-state index is 12.2. The Morgan fingerprint density at radius 2 is 2.00 bits per heavy atom. The summed E-state index contributed by atoms with van der Waals surface area (Å²) in [5.41, 5.74) is 0. The number of rotatable bonds is 3. The summed E-state index contributed by atoms with van der Waals surface area (Å²) >= 11 is 0. The monoisotopic (exact) mass is 255 g/mol. The smallest absolute Gasteiger partial charge is 0.319 e. The Hall–Kier alpha value is -1.14. The van der Waals surface area contributed by atoms with Crippen LogP contribution in [0.1, 0.15) is 6.42 Å². The zero-order valence-corrected chi connectivity index (χ0v) is 10.9. The first-order chi connectivity index (χ1) is 8.70. The first kappa shape index (κ1) is 13.3. The van der Waals surface area contributed by atoms with E-state index in [2.05, 4.69) is 10.1 Å². The van der Waals surface area contributed by atoms with Crippen LogP contribution < -0.4 is 5.32 Å². The number of nitrogens with zero attached hydrogens (tertiary/aromatic N) is 2. The van der Waals surface area contributed by atoms with Crippen molar-refractivity contribution in [3.05, 3.63) is 0 Å². The molecule has 6 nitrogen and oxygen atoms in total. The van der Waals surface area contributed by atoms with Gasteiger partial charge in [-0.15, -0.1) is 0 Å². The lowest BCUT2D eigenvalue weighted by molar-refractivity contribution is -0.143. The Labute approximate surface area is 107 Å². The topological polar surface area (TPSA) is 61.9 Å². The van der Waals surface area contributed by atoms with Crippen molar-refractivity contribution in [2.24, 2.45) is 5.92 Å². The van der Waals surface area contributed by atoms with Gasteiger partial charge in [0, 0.05) is 32.7 Å². The van der Waals surface area contributed by atoms with Crippen molar-refractivity contribution in [2.45, 2.75) is 6.42 Å². The molecule has 1 N–H and O–H groups in total. The number of nitrogens with one attached hydrogen (secondary N) is 1. The van der Waals surface area contributed by atoms with Gasteiger partial charge in [-0.05, 0) is 13.0 Å². The van der Waals surface area contributed by atoms with E-state index in [1.807, 2.05) is 9.80 Å². The van der Waals surface area contributed by atoms with Gasteiger partial charge in [-0.25, -0.2) is 0 Å². The molecule has 2 fully saturated rings. The molecule has 0 radical (unpaired) electrons. The fraction of sp³-hybridized carbons (Fsp3) is 0.833. The van der Waals surface area contributed by atoms with E-state index >= 15 is 0 Å². The maximum atomic E-state index is 12.2. The first-order valence-corrected chi connectivity index (χ1v) is 6.49. The molecule has 2 rings (SSSR count). The van der Waals surface area contributed by atoms with Crippen LogP contribution in [0.15, 0.2) is 0 Å². The van der Waals surface area contributed by atoms with Crippen molar-refractivity contribution in [1.82, 2.24) is 15.1 Å². The largest absolute Gasteiger partial charge is 0.468 e. The fourth-order valence-electron chi connectivity index (χ4n) is 2.50. The minimum Gasteiger partial charge on any atom is -0.468 e. The fourth-order valence-corrected chi connectivity index (χ4v) is 2.50. The van der Waals surface area contributed by atoms with E-state index in [1.165, 1.54) is 7.11 Å². The number of amides is 1. The van der Waals surface area contributed by atoms with E-state index in [0.29, 0.717) is 19.6 Å². The van der Waals surface area contributed by atoms with Gasteiger partial charge in [0.05, 0.1) is 19.6 Å². The molecule has 6 heteroatoms. The number of hydrogen-bond acceptors (Lipinski definition) is 5. The van der Waals surface area contributed by atoms with Crippen LogP contribution in [0.4, 0.5) is 0 Å². The normalized spacial score (nSPS) is 25.2. The third-order valence-electron chi connectivity index (χ3n) is 3.67. The summed E-state index contributed by atoms with van der Waals surface area (Å²) in [5, 5.41) is 3.22. The summed E-state index contributed by atoms with van der Waals surface area (Å²) in [6.07, 6.45) is 0.946. The molecule has 1 unspecified atom stereocenters. The van der Waals surface area contributed by atoms with E-state index in [0.717, 1.165) is 32.6 Å².